The average molecular weight is 455 g/mol. The molecule has 5 rings (SSSR count). The zero-order valence-corrected chi connectivity index (χ0v) is 19.3. The van der Waals surface area contributed by atoms with Gasteiger partial charge >= 0.3 is 0 Å². The number of carbonyl (C=O) groups excluding carboxylic acids is 1. The van der Waals surface area contributed by atoms with Crippen LogP contribution in [0.4, 0.5) is 5.82 Å². The largest absolute Gasteiger partial charge is 0.353 e. The van der Waals surface area contributed by atoms with Crippen LogP contribution in [-0.4, -0.2) is 77.5 Å². The van der Waals surface area contributed by atoms with Crippen LogP contribution in [0.15, 0.2) is 30.6 Å². The number of benzene rings is 1. The molecule has 1 aromatic carbocycles. The van der Waals surface area contributed by atoms with Crippen molar-refractivity contribution in [2.45, 2.75) is 37.6 Å². The fraction of sp³-hybridized carbons (Fsp3) is 0.542. The number of aryl methyl sites for hydroxylation is 1. The standard InChI is InChI=1S/C24H31ClN6O/c1-16-2-7-21-22(16)23(28-15-27-21)30-8-10-31(11-9-30)24(32)20(14-29-12-19(26)13-29)17-3-5-18(25)6-4-17/h3-6,15-16,19-20H,2,7-14,26H2,1H3/t16-,20-/m1/s1. The van der Waals surface area contributed by atoms with E-state index < -0.39 is 0 Å². The van der Waals surface area contributed by atoms with E-state index in [0.29, 0.717) is 30.6 Å². The summed E-state index contributed by atoms with van der Waals surface area (Å²) in [6.45, 7) is 7.66. The molecular weight excluding hydrogens is 424 g/mol. The molecule has 170 valence electrons. The molecular formula is C24H31ClN6O. The van der Waals surface area contributed by atoms with Crippen LogP contribution in [0.5, 0.6) is 0 Å². The topological polar surface area (TPSA) is 78.6 Å². The zero-order valence-electron chi connectivity index (χ0n) is 18.6. The van der Waals surface area contributed by atoms with Crippen LogP contribution in [-0.2, 0) is 11.2 Å². The Morgan fingerprint density at radius 1 is 1.16 bits per heavy atom. The molecule has 1 aliphatic carbocycles. The summed E-state index contributed by atoms with van der Waals surface area (Å²) >= 11 is 6.09. The van der Waals surface area contributed by atoms with Gasteiger partial charge in [-0.25, -0.2) is 9.97 Å². The number of hydrogen-bond acceptors (Lipinski definition) is 6. The SMILES string of the molecule is C[C@@H]1CCc2ncnc(N3CCN(C(=O)[C@H](CN4CC(N)C4)c4ccc(Cl)cc4)CC3)c21. The Balaban J connectivity index is 1.29. The van der Waals surface area contributed by atoms with Gasteiger partial charge in [0, 0.05) is 68.1 Å². The lowest BCUT2D eigenvalue weighted by Gasteiger charge is -2.41. The van der Waals surface area contributed by atoms with Crippen molar-refractivity contribution in [1.82, 2.24) is 19.8 Å². The maximum Gasteiger partial charge on any atom is 0.231 e. The lowest BCUT2D eigenvalue weighted by Crippen LogP contribution is -2.58. The van der Waals surface area contributed by atoms with Crippen molar-refractivity contribution >= 4 is 23.3 Å². The fourth-order valence-electron chi connectivity index (χ4n) is 5.27. The lowest BCUT2D eigenvalue weighted by molar-refractivity contribution is -0.134. The number of hydrogen-bond donors (Lipinski definition) is 1. The molecule has 3 heterocycles. The molecule has 2 aromatic rings. The summed E-state index contributed by atoms with van der Waals surface area (Å²) < 4.78 is 0. The third-order valence-electron chi connectivity index (χ3n) is 7.14. The maximum absolute atomic E-state index is 13.6. The molecule has 0 bridgehead atoms. The van der Waals surface area contributed by atoms with E-state index >= 15 is 0 Å². The van der Waals surface area contributed by atoms with Crippen LogP contribution in [0, 0.1) is 0 Å². The molecule has 0 saturated carbocycles. The third kappa shape index (κ3) is 4.21. The Hall–Kier alpha value is -2.22. The summed E-state index contributed by atoms with van der Waals surface area (Å²) in [5.41, 5.74) is 9.49. The van der Waals surface area contributed by atoms with Gasteiger partial charge in [0.05, 0.1) is 5.92 Å². The minimum Gasteiger partial charge on any atom is -0.353 e. The first kappa shape index (κ1) is 21.6. The molecule has 8 heteroatoms. The van der Waals surface area contributed by atoms with E-state index in [1.165, 1.54) is 11.3 Å². The van der Waals surface area contributed by atoms with Crippen molar-refractivity contribution in [3.8, 4) is 0 Å². The first-order valence-electron chi connectivity index (χ1n) is 11.6. The predicted molar refractivity (Wildman–Crippen MR) is 126 cm³/mol. The molecule has 3 aliphatic rings. The smallest absolute Gasteiger partial charge is 0.231 e. The number of fused-ring (bicyclic) bond motifs is 1. The summed E-state index contributed by atoms with van der Waals surface area (Å²) in [6.07, 6.45) is 3.87. The molecule has 1 amide bonds. The van der Waals surface area contributed by atoms with Gasteiger partial charge in [-0.2, -0.15) is 0 Å². The Morgan fingerprint density at radius 2 is 1.88 bits per heavy atom. The van der Waals surface area contributed by atoms with Crippen molar-refractivity contribution in [3.05, 3.63) is 52.4 Å². The van der Waals surface area contributed by atoms with Gasteiger partial charge in [0.25, 0.3) is 0 Å². The first-order valence-corrected chi connectivity index (χ1v) is 12.0. The molecule has 2 fully saturated rings. The van der Waals surface area contributed by atoms with Gasteiger partial charge in [-0.05, 0) is 36.5 Å². The number of piperazine rings is 1. The second kappa shape index (κ2) is 8.96. The Morgan fingerprint density at radius 3 is 2.56 bits per heavy atom. The maximum atomic E-state index is 13.6. The number of rotatable bonds is 5. The molecule has 0 spiro atoms. The summed E-state index contributed by atoms with van der Waals surface area (Å²) in [4.78, 5) is 29.4. The number of nitrogens with two attached hydrogens (primary N) is 1. The number of aromatic nitrogens is 2. The van der Waals surface area contributed by atoms with Gasteiger partial charge in [0.1, 0.15) is 12.1 Å². The number of carbonyl (C=O) groups is 1. The van der Waals surface area contributed by atoms with Crippen LogP contribution < -0.4 is 10.6 Å². The van der Waals surface area contributed by atoms with Gasteiger partial charge in [-0.15, -0.1) is 0 Å². The van der Waals surface area contributed by atoms with E-state index in [1.54, 1.807) is 6.33 Å². The quantitative estimate of drug-likeness (QED) is 0.746. The normalized spacial score (nSPS) is 22.5. The summed E-state index contributed by atoms with van der Waals surface area (Å²) in [5.74, 6) is 1.55. The van der Waals surface area contributed by atoms with Gasteiger partial charge in [0.15, 0.2) is 0 Å². The highest BCUT2D eigenvalue weighted by atomic mass is 35.5. The minimum absolute atomic E-state index is 0.189. The van der Waals surface area contributed by atoms with Crippen LogP contribution in [0.1, 0.15) is 42.0 Å². The number of amides is 1. The van der Waals surface area contributed by atoms with Crippen LogP contribution >= 0.6 is 11.6 Å². The third-order valence-corrected chi connectivity index (χ3v) is 7.39. The van der Waals surface area contributed by atoms with Crippen LogP contribution in [0.2, 0.25) is 5.02 Å². The summed E-state index contributed by atoms with van der Waals surface area (Å²) in [5, 5.41) is 0.686. The molecule has 2 atom stereocenters. The van der Waals surface area contributed by atoms with Crippen LogP contribution in [0.3, 0.4) is 0 Å². The first-order chi connectivity index (χ1) is 15.5. The number of anilines is 1. The van der Waals surface area contributed by atoms with E-state index in [-0.39, 0.29) is 17.9 Å². The molecule has 0 unspecified atom stereocenters. The number of nitrogens with zero attached hydrogens (tertiary/aromatic N) is 5. The Bertz CT molecular complexity index is 969. The van der Waals surface area contributed by atoms with E-state index in [1.807, 2.05) is 29.2 Å². The molecule has 2 N–H and O–H groups in total. The van der Waals surface area contributed by atoms with Crippen molar-refractivity contribution in [1.29, 1.82) is 0 Å². The minimum atomic E-state index is -0.199. The fourth-order valence-corrected chi connectivity index (χ4v) is 5.40. The average Bonchev–Trinajstić information content (AvgIpc) is 3.17. The number of halogens is 1. The molecule has 2 saturated heterocycles. The highest BCUT2D eigenvalue weighted by Crippen LogP contribution is 2.37. The monoisotopic (exact) mass is 454 g/mol. The van der Waals surface area contributed by atoms with Gasteiger partial charge < -0.3 is 15.5 Å². The molecule has 7 nitrogen and oxygen atoms in total. The number of likely N-dealkylation sites (tertiary alicyclic amines) is 1. The lowest BCUT2D eigenvalue weighted by atomic mass is 9.94. The van der Waals surface area contributed by atoms with Gasteiger partial charge in [-0.3, -0.25) is 9.69 Å². The van der Waals surface area contributed by atoms with Crippen molar-refractivity contribution < 1.29 is 4.79 Å². The second-order valence-corrected chi connectivity index (χ2v) is 9.83. The van der Waals surface area contributed by atoms with Gasteiger partial charge in [-0.1, -0.05) is 30.7 Å². The molecule has 0 radical (unpaired) electrons. The van der Waals surface area contributed by atoms with Crippen LogP contribution in [0.25, 0.3) is 0 Å². The van der Waals surface area contributed by atoms with E-state index in [0.717, 1.165) is 50.4 Å². The Kier molecular flexibility index (Phi) is 6.05. The van der Waals surface area contributed by atoms with Crippen molar-refractivity contribution in [2.75, 3.05) is 50.7 Å². The van der Waals surface area contributed by atoms with Crippen molar-refractivity contribution in [3.63, 3.8) is 0 Å². The van der Waals surface area contributed by atoms with Gasteiger partial charge in [0.2, 0.25) is 5.91 Å². The van der Waals surface area contributed by atoms with E-state index in [2.05, 4.69) is 26.7 Å². The highest BCUT2D eigenvalue weighted by Gasteiger charge is 2.34. The second-order valence-electron chi connectivity index (χ2n) is 9.39. The highest BCUT2D eigenvalue weighted by molar-refractivity contribution is 6.30. The summed E-state index contributed by atoms with van der Waals surface area (Å²) in [7, 11) is 0. The molecule has 2 aliphatic heterocycles. The zero-order chi connectivity index (χ0) is 22.2. The molecule has 32 heavy (non-hydrogen) atoms. The van der Waals surface area contributed by atoms with E-state index in [4.69, 9.17) is 17.3 Å². The van der Waals surface area contributed by atoms with E-state index in [9.17, 15) is 4.79 Å². The van der Waals surface area contributed by atoms with Crippen molar-refractivity contribution in [2.24, 2.45) is 5.73 Å². The summed E-state index contributed by atoms with van der Waals surface area (Å²) in [6, 6.07) is 7.91. The molecule has 1 aromatic heterocycles. The Labute approximate surface area is 194 Å². The predicted octanol–water partition coefficient (Wildman–Crippen LogP) is 2.26.